The minimum absolute atomic E-state index is 0.157. The molecule has 3 nitrogen and oxygen atoms in total. The molecule has 0 saturated heterocycles. The SMILES string of the molecule is Cc1ccc(C)c(C(=O)C(C#N)c2ccncc2)c1. The van der Waals surface area contributed by atoms with Crippen molar-refractivity contribution in [1.82, 2.24) is 4.98 Å². The van der Waals surface area contributed by atoms with Crippen molar-refractivity contribution in [3.63, 3.8) is 0 Å². The molecule has 2 aromatic rings. The summed E-state index contributed by atoms with van der Waals surface area (Å²) in [6.45, 7) is 3.82. The summed E-state index contributed by atoms with van der Waals surface area (Å²) in [4.78, 5) is 16.4. The average Bonchev–Trinajstić information content (AvgIpc) is 2.43. The fourth-order valence-electron chi connectivity index (χ4n) is 2.00. The van der Waals surface area contributed by atoms with Gasteiger partial charge < -0.3 is 0 Å². The molecule has 0 radical (unpaired) electrons. The van der Waals surface area contributed by atoms with Crippen molar-refractivity contribution in [2.24, 2.45) is 0 Å². The van der Waals surface area contributed by atoms with Crippen LogP contribution in [0.3, 0.4) is 0 Å². The second kappa shape index (κ2) is 5.45. The summed E-state index contributed by atoms with van der Waals surface area (Å²) in [5.41, 5.74) is 3.21. The fraction of sp³-hybridized carbons (Fsp3) is 0.188. The third-order valence-corrected chi connectivity index (χ3v) is 3.09. The van der Waals surface area contributed by atoms with Crippen molar-refractivity contribution in [1.29, 1.82) is 5.26 Å². The summed E-state index contributed by atoms with van der Waals surface area (Å²) in [5.74, 6) is -0.932. The fourth-order valence-corrected chi connectivity index (χ4v) is 2.00. The summed E-state index contributed by atoms with van der Waals surface area (Å²) in [6.07, 6.45) is 3.19. The summed E-state index contributed by atoms with van der Waals surface area (Å²) in [7, 11) is 0. The van der Waals surface area contributed by atoms with Crippen LogP contribution in [0.25, 0.3) is 0 Å². The van der Waals surface area contributed by atoms with Gasteiger partial charge in [0.1, 0.15) is 5.92 Å². The first-order valence-electron chi connectivity index (χ1n) is 6.04. The van der Waals surface area contributed by atoms with Gasteiger partial charge in [0.05, 0.1) is 6.07 Å². The molecule has 94 valence electrons. The van der Waals surface area contributed by atoms with Crippen molar-refractivity contribution in [2.75, 3.05) is 0 Å². The molecule has 0 amide bonds. The number of carbonyl (C=O) groups excluding carboxylic acids is 1. The molecule has 0 N–H and O–H groups in total. The van der Waals surface area contributed by atoms with Crippen LogP contribution in [0.2, 0.25) is 0 Å². The number of Topliss-reactive ketones (excluding diaryl/α,β-unsaturated/α-hetero) is 1. The molecule has 0 spiro atoms. The summed E-state index contributed by atoms with van der Waals surface area (Å²) in [5, 5.41) is 9.28. The van der Waals surface area contributed by atoms with Crippen LogP contribution in [-0.4, -0.2) is 10.8 Å². The van der Waals surface area contributed by atoms with E-state index >= 15 is 0 Å². The molecule has 1 aromatic heterocycles. The van der Waals surface area contributed by atoms with Crippen molar-refractivity contribution in [3.8, 4) is 6.07 Å². The van der Waals surface area contributed by atoms with Gasteiger partial charge in [0.25, 0.3) is 0 Å². The van der Waals surface area contributed by atoms with Crippen LogP contribution < -0.4 is 0 Å². The Morgan fingerprint density at radius 1 is 1.21 bits per heavy atom. The van der Waals surface area contributed by atoms with E-state index in [2.05, 4.69) is 11.1 Å². The number of benzene rings is 1. The van der Waals surface area contributed by atoms with E-state index in [1.807, 2.05) is 32.0 Å². The molecule has 3 heteroatoms. The molecule has 0 aliphatic heterocycles. The van der Waals surface area contributed by atoms with Gasteiger partial charge in [-0.25, -0.2) is 0 Å². The first-order chi connectivity index (χ1) is 9.13. The molecule has 2 rings (SSSR count). The van der Waals surface area contributed by atoms with Gasteiger partial charge in [0.2, 0.25) is 0 Å². The lowest BCUT2D eigenvalue weighted by atomic mass is 9.90. The third-order valence-electron chi connectivity index (χ3n) is 3.09. The highest BCUT2D eigenvalue weighted by molar-refractivity contribution is 6.03. The molecule has 1 heterocycles. The number of pyridine rings is 1. The second-order valence-corrected chi connectivity index (χ2v) is 4.53. The van der Waals surface area contributed by atoms with Crippen LogP contribution in [0.15, 0.2) is 42.7 Å². The largest absolute Gasteiger partial charge is 0.292 e. The molecule has 1 unspecified atom stereocenters. The van der Waals surface area contributed by atoms with Gasteiger partial charge in [-0.15, -0.1) is 0 Å². The van der Waals surface area contributed by atoms with Crippen LogP contribution in [0.4, 0.5) is 0 Å². The van der Waals surface area contributed by atoms with Crippen molar-refractivity contribution < 1.29 is 4.79 Å². The number of aryl methyl sites for hydroxylation is 2. The lowest BCUT2D eigenvalue weighted by molar-refractivity contribution is 0.0978. The molecule has 1 aromatic carbocycles. The number of rotatable bonds is 3. The van der Waals surface area contributed by atoms with Gasteiger partial charge >= 0.3 is 0 Å². The maximum Gasteiger partial charge on any atom is 0.184 e. The highest BCUT2D eigenvalue weighted by atomic mass is 16.1. The van der Waals surface area contributed by atoms with Crippen molar-refractivity contribution in [2.45, 2.75) is 19.8 Å². The van der Waals surface area contributed by atoms with E-state index in [4.69, 9.17) is 0 Å². The predicted molar refractivity (Wildman–Crippen MR) is 72.8 cm³/mol. The number of ketones is 1. The molecule has 19 heavy (non-hydrogen) atoms. The second-order valence-electron chi connectivity index (χ2n) is 4.53. The number of carbonyl (C=O) groups is 1. The number of nitrogens with zero attached hydrogens (tertiary/aromatic N) is 2. The third kappa shape index (κ3) is 2.69. The van der Waals surface area contributed by atoms with Gasteiger partial charge in [-0.2, -0.15) is 5.26 Å². The normalized spacial score (nSPS) is 11.6. The molecule has 1 atom stereocenters. The van der Waals surface area contributed by atoms with E-state index in [0.717, 1.165) is 11.1 Å². The minimum Gasteiger partial charge on any atom is -0.292 e. The van der Waals surface area contributed by atoms with Crippen LogP contribution in [0.5, 0.6) is 0 Å². The van der Waals surface area contributed by atoms with E-state index in [1.165, 1.54) is 0 Å². The zero-order chi connectivity index (χ0) is 13.8. The summed E-state index contributed by atoms with van der Waals surface area (Å²) >= 11 is 0. The Balaban J connectivity index is 2.43. The summed E-state index contributed by atoms with van der Waals surface area (Å²) < 4.78 is 0. The lowest BCUT2D eigenvalue weighted by Crippen LogP contribution is -2.13. The smallest absolute Gasteiger partial charge is 0.184 e. The number of hydrogen-bond donors (Lipinski definition) is 0. The molecule has 0 fully saturated rings. The Morgan fingerprint density at radius 2 is 1.89 bits per heavy atom. The van der Waals surface area contributed by atoms with Crippen LogP contribution >= 0.6 is 0 Å². The first-order valence-corrected chi connectivity index (χ1v) is 6.04. The molecule has 0 saturated carbocycles. The Bertz CT molecular complexity index is 642. The van der Waals surface area contributed by atoms with Crippen LogP contribution in [-0.2, 0) is 0 Å². The quantitative estimate of drug-likeness (QED) is 0.786. The average molecular weight is 250 g/mol. The highest BCUT2D eigenvalue weighted by Gasteiger charge is 2.22. The molecular weight excluding hydrogens is 236 g/mol. The zero-order valence-corrected chi connectivity index (χ0v) is 10.9. The van der Waals surface area contributed by atoms with E-state index < -0.39 is 5.92 Å². The number of hydrogen-bond acceptors (Lipinski definition) is 3. The monoisotopic (exact) mass is 250 g/mol. The maximum absolute atomic E-state index is 12.5. The Labute approximate surface area is 112 Å². The minimum atomic E-state index is -0.775. The Morgan fingerprint density at radius 3 is 2.53 bits per heavy atom. The standard InChI is InChI=1S/C16H14N2O/c1-11-3-4-12(2)14(9-11)16(19)15(10-17)13-5-7-18-8-6-13/h3-9,15H,1-2H3. The number of nitriles is 1. The number of aromatic nitrogens is 1. The lowest BCUT2D eigenvalue weighted by Gasteiger charge is -2.11. The van der Waals surface area contributed by atoms with Gasteiger partial charge in [0.15, 0.2) is 5.78 Å². The molecule has 0 aliphatic rings. The maximum atomic E-state index is 12.5. The van der Waals surface area contributed by atoms with Crippen molar-refractivity contribution >= 4 is 5.78 Å². The van der Waals surface area contributed by atoms with Gasteiger partial charge in [-0.05, 0) is 43.2 Å². The summed E-state index contributed by atoms with van der Waals surface area (Å²) in [6, 6.07) is 11.2. The Hall–Kier alpha value is -2.47. The topological polar surface area (TPSA) is 53.8 Å². The predicted octanol–water partition coefficient (Wildman–Crippen LogP) is 3.19. The Kier molecular flexibility index (Phi) is 3.72. The van der Waals surface area contributed by atoms with Crippen LogP contribution in [0, 0.1) is 25.2 Å². The van der Waals surface area contributed by atoms with E-state index in [1.54, 1.807) is 24.5 Å². The van der Waals surface area contributed by atoms with Crippen molar-refractivity contribution in [3.05, 3.63) is 65.0 Å². The van der Waals surface area contributed by atoms with E-state index in [-0.39, 0.29) is 5.78 Å². The molecule has 0 aliphatic carbocycles. The van der Waals surface area contributed by atoms with E-state index in [0.29, 0.717) is 11.1 Å². The van der Waals surface area contributed by atoms with Gasteiger partial charge in [0, 0.05) is 18.0 Å². The van der Waals surface area contributed by atoms with Gasteiger partial charge in [-0.3, -0.25) is 9.78 Å². The van der Waals surface area contributed by atoms with Gasteiger partial charge in [-0.1, -0.05) is 17.7 Å². The highest BCUT2D eigenvalue weighted by Crippen LogP contribution is 2.22. The first kappa shape index (κ1) is 13.0. The zero-order valence-electron chi connectivity index (χ0n) is 10.9. The molecular formula is C16H14N2O. The van der Waals surface area contributed by atoms with E-state index in [9.17, 15) is 10.1 Å². The molecule has 0 bridgehead atoms. The van der Waals surface area contributed by atoms with Crippen LogP contribution in [0.1, 0.15) is 33.0 Å².